The van der Waals surface area contributed by atoms with Crippen LogP contribution in [0.2, 0.25) is 0 Å². The second kappa shape index (κ2) is 7.14. The molecule has 0 atom stereocenters. The molecule has 0 aliphatic rings. The molecule has 1 aromatic rings. The highest BCUT2D eigenvalue weighted by Crippen LogP contribution is 2.04. The molecular formula is C13H19NO2. The molecule has 16 heavy (non-hydrogen) atoms. The number of hydrogen-bond acceptors (Lipinski definition) is 3. The zero-order chi connectivity index (χ0) is 11.8. The van der Waals surface area contributed by atoms with Crippen molar-refractivity contribution in [2.24, 2.45) is 0 Å². The van der Waals surface area contributed by atoms with Crippen LogP contribution in [0.1, 0.15) is 25.1 Å². The molecule has 0 amide bonds. The fourth-order valence-electron chi connectivity index (χ4n) is 1.21. The number of pyridine rings is 1. The Morgan fingerprint density at radius 3 is 2.75 bits per heavy atom. The summed E-state index contributed by atoms with van der Waals surface area (Å²) >= 11 is 0. The largest absolute Gasteiger partial charge is 0.359 e. The molecule has 0 aliphatic heterocycles. The standard InChI is InChI=1S/C13H19NO2/c1-11(2)4-6-13-7-5-12(8-14-13)9-16-10-15-3/h4-5,7-8H,6,9-10H2,1-3H3. The van der Waals surface area contributed by atoms with E-state index < -0.39 is 0 Å². The smallest absolute Gasteiger partial charge is 0.146 e. The van der Waals surface area contributed by atoms with E-state index in [2.05, 4.69) is 24.9 Å². The van der Waals surface area contributed by atoms with Gasteiger partial charge in [0, 0.05) is 25.4 Å². The van der Waals surface area contributed by atoms with E-state index in [1.54, 1.807) is 7.11 Å². The highest BCUT2D eigenvalue weighted by Gasteiger charge is 1.95. The summed E-state index contributed by atoms with van der Waals surface area (Å²) in [6.45, 7) is 5.04. The van der Waals surface area contributed by atoms with Crippen LogP contribution in [0.3, 0.4) is 0 Å². The lowest BCUT2D eigenvalue weighted by Crippen LogP contribution is -1.98. The Hall–Kier alpha value is -1.19. The van der Waals surface area contributed by atoms with Gasteiger partial charge in [0.2, 0.25) is 0 Å². The Balaban J connectivity index is 2.44. The number of hydrogen-bond donors (Lipinski definition) is 0. The number of methoxy groups -OCH3 is 1. The minimum atomic E-state index is 0.319. The lowest BCUT2D eigenvalue weighted by Gasteiger charge is -2.03. The molecule has 3 nitrogen and oxygen atoms in total. The molecule has 0 saturated carbocycles. The summed E-state index contributed by atoms with van der Waals surface area (Å²) in [6.07, 6.45) is 4.91. The maximum absolute atomic E-state index is 5.23. The number of allylic oxidation sites excluding steroid dienone is 2. The summed E-state index contributed by atoms with van der Waals surface area (Å²) in [4.78, 5) is 4.36. The maximum atomic E-state index is 5.23. The van der Waals surface area contributed by atoms with Gasteiger partial charge in [-0.2, -0.15) is 0 Å². The molecule has 0 fully saturated rings. The number of rotatable bonds is 6. The highest BCUT2D eigenvalue weighted by molar-refractivity contribution is 5.16. The lowest BCUT2D eigenvalue weighted by atomic mass is 10.2. The van der Waals surface area contributed by atoms with Crippen LogP contribution in [0, 0.1) is 0 Å². The SMILES string of the molecule is COCOCc1ccc(CC=C(C)C)nc1. The Bertz CT molecular complexity index is 326. The monoisotopic (exact) mass is 221 g/mol. The lowest BCUT2D eigenvalue weighted by molar-refractivity contribution is -0.0391. The topological polar surface area (TPSA) is 31.4 Å². The van der Waals surface area contributed by atoms with Crippen LogP contribution in [0.4, 0.5) is 0 Å². The van der Waals surface area contributed by atoms with Gasteiger partial charge in [0.05, 0.1) is 6.61 Å². The van der Waals surface area contributed by atoms with E-state index >= 15 is 0 Å². The Labute approximate surface area is 97.1 Å². The van der Waals surface area contributed by atoms with Crippen molar-refractivity contribution in [3.8, 4) is 0 Å². The van der Waals surface area contributed by atoms with E-state index in [-0.39, 0.29) is 0 Å². The molecule has 0 N–H and O–H groups in total. The van der Waals surface area contributed by atoms with Gasteiger partial charge < -0.3 is 9.47 Å². The van der Waals surface area contributed by atoms with Crippen molar-refractivity contribution in [1.82, 2.24) is 4.98 Å². The molecule has 88 valence electrons. The quantitative estimate of drug-likeness (QED) is 0.420. The summed E-state index contributed by atoms with van der Waals surface area (Å²) in [7, 11) is 1.61. The van der Waals surface area contributed by atoms with Crippen molar-refractivity contribution in [2.45, 2.75) is 26.9 Å². The van der Waals surface area contributed by atoms with E-state index in [1.807, 2.05) is 18.3 Å². The second-order valence-electron chi connectivity index (χ2n) is 3.90. The van der Waals surface area contributed by atoms with Crippen molar-refractivity contribution in [1.29, 1.82) is 0 Å². The van der Waals surface area contributed by atoms with Crippen molar-refractivity contribution in [3.63, 3.8) is 0 Å². The van der Waals surface area contributed by atoms with Crippen LogP contribution < -0.4 is 0 Å². The maximum Gasteiger partial charge on any atom is 0.146 e. The first-order valence-electron chi connectivity index (χ1n) is 5.36. The van der Waals surface area contributed by atoms with E-state index in [4.69, 9.17) is 9.47 Å². The third kappa shape index (κ3) is 5.05. The van der Waals surface area contributed by atoms with Gasteiger partial charge in [0.15, 0.2) is 0 Å². The van der Waals surface area contributed by atoms with E-state index in [0.717, 1.165) is 17.7 Å². The third-order valence-corrected chi connectivity index (χ3v) is 2.08. The molecule has 0 bridgehead atoms. The van der Waals surface area contributed by atoms with E-state index in [0.29, 0.717) is 13.4 Å². The van der Waals surface area contributed by atoms with Crippen LogP contribution >= 0.6 is 0 Å². The fraction of sp³-hybridized carbons (Fsp3) is 0.462. The van der Waals surface area contributed by atoms with E-state index in [9.17, 15) is 0 Å². The van der Waals surface area contributed by atoms with Crippen LogP contribution in [-0.2, 0) is 22.5 Å². The average Bonchev–Trinajstić information content (AvgIpc) is 2.28. The van der Waals surface area contributed by atoms with Crippen LogP contribution in [0.5, 0.6) is 0 Å². The van der Waals surface area contributed by atoms with Crippen molar-refractivity contribution in [2.75, 3.05) is 13.9 Å². The number of ether oxygens (including phenoxy) is 2. The molecule has 0 radical (unpaired) electrons. The van der Waals surface area contributed by atoms with Crippen molar-refractivity contribution >= 4 is 0 Å². The predicted octanol–water partition coefficient (Wildman–Crippen LogP) is 2.71. The van der Waals surface area contributed by atoms with Gasteiger partial charge in [-0.1, -0.05) is 17.7 Å². The zero-order valence-electron chi connectivity index (χ0n) is 10.2. The minimum Gasteiger partial charge on any atom is -0.359 e. The van der Waals surface area contributed by atoms with Gasteiger partial charge in [-0.05, 0) is 25.5 Å². The average molecular weight is 221 g/mol. The fourth-order valence-corrected chi connectivity index (χ4v) is 1.21. The highest BCUT2D eigenvalue weighted by atomic mass is 16.7. The number of aromatic nitrogens is 1. The Morgan fingerprint density at radius 2 is 2.19 bits per heavy atom. The first-order valence-corrected chi connectivity index (χ1v) is 5.36. The van der Waals surface area contributed by atoms with Gasteiger partial charge in [0.1, 0.15) is 6.79 Å². The van der Waals surface area contributed by atoms with Crippen molar-refractivity contribution in [3.05, 3.63) is 41.2 Å². The first kappa shape index (κ1) is 12.9. The van der Waals surface area contributed by atoms with Crippen molar-refractivity contribution < 1.29 is 9.47 Å². The molecule has 0 unspecified atom stereocenters. The summed E-state index contributed by atoms with van der Waals surface area (Å²) in [5, 5.41) is 0. The summed E-state index contributed by atoms with van der Waals surface area (Å²) < 4.78 is 10.0. The molecule has 0 saturated heterocycles. The van der Waals surface area contributed by atoms with Crippen LogP contribution in [-0.4, -0.2) is 18.9 Å². The zero-order valence-corrected chi connectivity index (χ0v) is 10.2. The van der Waals surface area contributed by atoms with Gasteiger partial charge in [-0.3, -0.25) is 4.98 Å². The summed E-state index contributed by atoms with van der Waals surface area (Å²) in [5.74, 6) is 0. The molecule has 1 heterocycles. The molecular weight excluding hydrogens is 202 g/mol. The molecule has 3 heteroatoms. The minimum absolute atomic E-state index is 0.319. The second-order valence-corrected chi connectivity index (χ2v) is 3.90. The molecule has 1 aromatic heterocycles. The van der Waals surface area contributed by atoms with Crippen LogP contribution in [0.15, 0.2) is 30.0 Å². The Kier molecular flexibility index (Phi) is 5.75. The van der Waals surface area contributed by atoms with Crippen LogP contribution in [0.25, 0.3) is 0 Å². The molecule has 0 spiro atoms. The van der Waals surface area contributed by atoms with Gasteiger partial charge in [-0.25, -0.2) is 0 Å². The normalized spacial score (nSPS) is 10.2. The number of nitrogens with zero attached hydrogens (tertiary/aromatic N) is 1. The third-order valence-electron chi connectivity index (χ3n) is 2.08. The summed E-state index contributed by atoms with van der Waals surface area (Å²) in [6, 6.07) is 4.07. The first-order chi connectivity index (χ1) is 7.72. The van der Waals surface area contributed by atoms with Gasteiger partial charge in [0.25, 0.3) is 0 Å². The molecule has 0 aliphatic carbocycles. The molecule has 1 rings (SSSR count). The van der Waals surface area contributed by atoms with E-state index in [1.165, 1.54) is 5.57 Å². The Morgan fingerprint density at radius 1 is 1.38 bits per heavy atom. The van der Waals surface area contributed by atoms with Gasteiger partial charge >= 0.3 is 0 Å². The molecule has 0 aromatic carbocycles. The summed E-state index contributed by atoms with van der Waals surface area (Å²) in [5.41, 5.74) is 3.46. The predicted molar refractivity (Wildman–Crippen MR) is 64.0 cm³/mol. The van der Waals surface area contributed by atoms with Gasteiger partial charge in [-0.15, -0.1) is 0 Å².